The first-order chi connectivity index (χ1) is 33.0. The van der Waals surface area contributed by atoms with Crippen LogP contribution in [0.15, 0.2) is 69.7 Å². The number of aliphatic hydroxyl groups excluding tert-OH is 2. The van der Waals surface area contributed by atoms with Gasteiger partial charge in [-0.05, 0) is 133 Å². The molecule has 5 saturated heterocycles. The minimum Gasteiger partial charge on any atom is -0.408 e. The number of hydrogen-bond acceptors (Lipinski definition) is 11. The maximum atomic E-state index is 15.4. The summed E-state index contributed by atoms with van der Waals surface area (Å²) in [4.78, 5) is 0.160. The Morgan fingerprint density at radius 1 is 0.914 bits per heavy atom. The van der Waals surface area contributed by atoms with Crippen molar-refractivity contribution in [2.45, 2.75) is 240 Å². The molecule has 0 spiro atoms. The molecule has 19 atom stereocenters. The molecule has 7 unspecified atom stereocenters. The van der Waals surface area contributed by atoms with E-state index in [1.54, 1.807) is 31.4 Å². The monoisotopic (exact) mass is 1130 g/mol. The second-order valence-corrected chi connectivity index (χ2v) is 31.0. The number of fused-ring (bicyclic) bond motifs is 1. The largest absolute Gasteiger partial charge is 0.408 e. The summed E-state index contributed by atoms with van der Waals surface area (Å²) in [5.74, 6) is -0.0130. The number of ether oxygens (including phenoxy) is 6. The molecule has 11 nitrogen and oxygen atoms in total. The molecule has 2 N–H and O–H groups in total. The highest BCUT2D eigenvalue weighted by Gasteiger charge is 2.57. The lowest BCUT2D eigenvalue weighted by Crippen LogP contribution is -2.59. The fourth-order valence-electron chi connectivity index (χ4n) is 11.9. The predicted octanol–water partition coefficient (Wildman–Crippen LogP) is 11.3. The molecule has 0 saturated carbocycles. The van der Waals surface area contributed by atoms with Crippen molar-refractivity contribution in [3.8, 4) is 0 Å². The van der Waals surface area contributed by atoms with E-state index in [9.17, 15) is 10.2 Å². The first-order valence-corrected chi connectivity index (χ1v) is 32.4. The van der Waals surface area contributed by atoms with Crippen molar-refractivity contribution < 1.29 is 51.5 Å². The molecule has 5 fully saturated rings. The van der Waals surface area contributed by atoms with Crippen LogP contribution in [0.1, 0.15) is 132 Å². The Morgan fingerprint density at radius 3 is 2.26 bits per heavy atom. The van der Waals surface area contributed by atoms with E-state index >= 15 is 8.42 Å². The van der Waals surface area contributed by atoms with Crippen LogP contribution >= 0.6 is 22.6 Å². The van der Waals surface area contributed by atoms with Crippen LogP contribution in [-0.2, 0) is 42.7 Å². The molecule has 5 aliphatic rings. The minimum absolute atomic E-state index is 0.0426. The third kappa shape index (κ3) is 13.7. The average Bonchev–Trinajstić information content (AvgIpc) is 3.84. The lowest BCUT2D eigenvalue weighted by molar-refractivity contribution is -0.240. The van der Waals surface area contributed by atoms with Crippen molar-refractivity contribution in [1.29, 1.82) is 0 Å². The third-order valence-electron chi connectivity index (χ3n) is 17.5. The molecule has 6 rings (SSSR count). The fourth-order valence-corrected chi connectivity index (χ4v) is 15.7. The van der Waals surface area contributed by atoms with Gasteiger partial charge in [0.1, 0.15) is 0 Å². The Balaban J connectivity index is 1.25. The first kappa shape index (κ1) is 58.2. The molecule has 5 heterocycles. The SMILES string of the molecule is C=C1C(C[C@@H]2O[C@H](C[C@H](C)CC)[C@H](OC)[C@H]2C(C(O)CC2CCC3O[C@@H]([C@H](/C=C/I)O[Si](C)(C)C(C)(C)C)[C@@H](C)[C@@H](C)C3O2)S(=O)(=O)c2ccccc2)OC(CC[C@@H]2O[C@@H](CCCO)CC2=C)C[C@H]1C. The van der Waals surface area contributed by atoms with E-state index in [4.69, 9.17) is 32.8 Å². The highest BCUT2D eigenvalue weighted by atomic mass is 127. The lowest BCUT2D eigenvalue weighted by atomic mass is 9.77. The third-order valence-corrected chi connectivity index (χ3v) is 24.7. The van der Waals surface area contributed by atoms with Crippen molar-refractivity contribution in [1.82, 2.24) is 0 Å². The molecule has 0 aromatic heterocycles. The van der Waals surface area contributed by atoms with Crippen LogP contribution in [0.2, 0.25) is 18.1 Å². The van der Waals surface area contributed by atoms with Gasteiger partial charge in [-0.3, -0.25) is 0 Å². The highest BCUT2D eigenvalue weighted by Crippen LogP contribution is 2.47. The molecule has 1 aromatic rings. The second-order valence-electron chi connectivity index (χ2n) is 23.4. The molecule has 14 heteroatoms. The molecule has 398 valence electrons. The van der Waals surface area contributed by atoms with Crippen LogP contribution in [0.25, 0.3) is 0 Å². The summed E-state index contributed by atoms with van der Waals surface area (Å²) in [7, 11) is -4.65. The summed E-state index contributed by atoms with van der Waals surface area (Å²) in [5.41, 5.74) is 2.07. The number of sulfone groups is 1. The Hall–Kier alpha value is -1.02. The van der Waals surface area contributed by atoms with E-state index < -0.39 is 59.8 Å². The summed E-state index contributed by atoms with van der Waals surface area (Å²) in [6.45, 7) is 31.4. The van der Waals surface area contributed by atoms with Gasteiger partial charge in [0.05, 0.1) is 89.5 Å². The summed E-state index contributed by atoms with van der Waals surface area (Å²) in [6.07, 6.45) is 5.96. The molecule has 0 amide bonds. The summed E-state index contributed by atoms with van der Waals surface area (Å²) < 4.78 is 80.6. The van der Waals surface area contributed by atoms with Crippen LogP contribution in [-0.4, -0.2) is 125 Å². The maximum absolute atomic E-state index is 15.4. The normalized spacial score (nSPS) is 36.3. The Labute approximate surface area is 437 Å². The zero-order valence-corrected chi connectivity index (χ0v) is 48.4. The number of benzene rings is 1. The molecular formula is C56H91IO11SSi. The quantitative estimate of drug-likeness (QED) is 0.0652. The van der Waals surface area contributed by atoms with Gasteiger partial charge < -0.3 is 43.1 Å². The summed E-state index contributed by atoms with van der Waals surface area (Å²) in [6, 6.07) is 8.55. The van der Waals surface area contributed by atoms with Gasteiger partial charge in [0.15, 0.2) is 18.2 Å². The van der Waals surface area contributed by atoms with E-state index in [0.29, 0.717) is 31.6 Å². The van der Waals surface area contributed by atoms with Crippen molar-refractivity contribution >= 4 is 40.7 Å². The molecule has 0 aliphatic carbocycles. The van der Waals surface area contributed by atoms with Crippen LogP contribution in [0.4, 0.5) is 0 Å². The molecular weight excluding hydrogens is 1040 g/mol. The van der Waals surface area contributed by atoms with E-state index in [-0.39, 0.29) is 89.5 Å². The number of hydrogen-bond donors (Lipinski definition) is 2. The van der Waals surface area contributed by atoms with Crippen molar-refractivity contribution in [3.05, 3.63) is 64.8 Å². The Bertz CT molecular complexity index is 1980. The smallest absolute Gasteiger partial charge is 0.193 e. The van der Waals surface area contributed by atoms with Gasteiger partial charge in [-0.1, -0.05) is 116 Å². The van der Waals surface area contributed by atoms with Crippen LogP contribution < -0.4 is 0 Å². The molecule has 1 aromatic carbocycles. The molecule has 5 aliphatic heterocycles. The molecule has 0 radical (unpaired) electrons. The van der Waals surface area contributed by atoms with Crippen LogP contribution in [0.3, 0.4) is 0 Å². The van der Waals surface area contributed by atoms with E-state index in [1.807, 2.05) is 10.1 Å². The van der Waals surface area contributed by atoms with Crippen molar-refractivity contribution in [2.24, 2.45) is 29.6 Å². The molecule has 70 heavy (non-hydrogen) atoms. The zero-order valence-electron chi connectivity index (χ0n) is 44.5. The summed E-state index contributed by atoms with van der Waals surface area (Å²) in [5, 5.41) is 21.0. The maximum Gasteiger partial charge on any atom is 0.193 e. The van der Waals surface area contributed by atoms with E-state index in [1.165, 1.54) is 0 Å². The Morgan fingerprint density at radius 2 is 1.61 bits per heavy atom. The average molecular weight is 1130 g/mol. The number of halogens is 1. The standard InChI is InChI=1S/C56H91IO11SSi/c1-14-34(2)29-50-54(62-11)51(49(66-50)33-48-37(5)35(3)30-41(64-48)22-24-45-36(4)31-40(63-45)19-18-28-58)55(69(60,61)43-20-16-15-17-21-43)44(59)32-42-23-25-46-52(65-42)38(6)39(7)53(67-46)47(26-27-57)68-70(12,13)56(8,9)10/h15-17,20-21,26-27,34-35,38-42,44-55,58-59H,4-5,14,18-19,22-25,28-33H2,1-3,6-13H3/b27-26+/t34-,35-,38-,39+,40+,41?,42?,44?,45+,46?,47+,48?,49+,50-,51+,52?,53-,54+,55?/m1/s1. The zero-order chi connectivity index (χ0) is 51.3. The second kappa shape index (κ2) is 25.2. The van der Waals surface area contributed by atoms with Gasteiger partial charge in [-0.25, -0.2) is 8.42 Å². The minimum atomic E-state index is -4.18. The van der Waals surface area contributed by atoms with Crippen LogP contribution in [0, 0.1) is 29.6 Å². The van der Waals surface area contributed by atoms with E-state index in [0.717, 1.165) is 56.1 Å². The number of aliphatic hydroxyl groups is 2. The predicted molar refractivity (Wildman–Crippen MR) is 289 cm³/mol. The van der Waals surface area contributed by atoms with E-state index in [2.05, 4.69) is 110 Å². The van der Waals surface area contributed by atoms with Gasteiger partial charge in [0.25, 0.3) is 0 Å². The number of rotatable bonds is 22. The Kier molecular flexibility index (Phi) is 21.0. The fraction of sp³-hybridized carbons (Fsp3) is 0.786. The van der Waals surface area contributed by atoms with Crippen LogP contribution in [0.5, 0.6) is 0 Å². The molecule has 0 bridgehead atoms. The van der Waals surface area contributed by atoms with Gasteiger partial charge in [-0.2, -0.15) is 0 Å². The van der Waals surface area contributed by atoms with Gasteiger partial charge >= 0.3 is 0 Å². The van der Waals surface area contributed by atoms with Crippen molar-refractivity contribution in [3.63, 3.8) is 0 Å². The first-order valence-electron chi connectivity index (χ1n) is 26.7. The van der Waals surface area contributed by atoms with Gasteiger partial charge in [0, 0.05) is 32.5 Å². The number of methoxy groups -OCH3 is 1. The van der Waals surface area contributed by atoms with Gasteiger partial charge in [-0.15, -0.1) is 0 Å². The topological polar surface area (TPSA) is 139 Å². The van der Waals surface area contributed by atoms with Crippen molar-refractivity contribution in [2.75, 3.05) is 13.7 Å². The summed E-state index contributed by atoms with van der Waals surface area (Å²) >= 11 is 2.27. The lowest BCUT2D eigenvalue weighted by Gasteiger charge is -2.51. The van der Waals surface area contributed by atoms with Gasteiger partial charge in [0.2, 0.25) is 0 Å². The highest BCUT2D eigenvalue weighted by molar-refractivity contribution is 14.1.